The third-order valence-corrected chi connectivity index (χ3v) is 3.73. The largest absolute Gasteiger partial charge is 0.348 e. The van der Waals surface area contributed by atoms with E-state index in [0.29, 0.717) is 24.6 Å². The maximum Gasteiger partial charge on any atom is 0.254 e. The van der Waals surface area contributed by atoms with Crippen molar-refractivity contribution in [2.24, 2.45) is 0 Å². The Labute approximate surface area is 126 Å². The first-order chi connectivity index (χ1) is 10.8. The highest BCUT2D eigenvalue weighted by Gasteiger charge is 2.31. The summed E-state index contributed by atoms with van der Waals surface area (Å²) >= 11 is 0. The molecule has 7 heteroatoms. The number of H-pyrrole nitrogens is 1. The smallest absolute Gasteiger partial charge is 0.254 e. The first-order valence-corrected chi connectivity index (χ1v) is 7.05. The number of likely N-dealkylation sites (tertiary alicyclic amines) is 1. The number of rotatable bonds is 3. The monoisotopic (exact) mass is 294 g/mol. The maximum absolute atomic E-state index is 12.4. The van der Waals surface area contributed by atoms with Gasteiger partial charge >= 0.3 is 0 Å². The van der Waals surface area contributed by atoms with Crippen LogP contribution < -0.4 is 5.32 Å². The van der Waals surface area contributed by atoms with Crippen molar-refractivity contribution in [2.75, 3.05) is 18.4 Å². The molecule has 3 heterocycles. The van der Waals surface area contributed by atoms with Crippen LogP contribution in [-0.2, 0) is 0 Å². The van der Waals surface area contributed by atoms with Crippen LogP contribution in [0.3, 0.4) is 0 Å². The van der Waals surface area contributed by atoms with Gasteiger partial charge in [-0.2, -0.15) is 0 Å². The molecule has 1 aromatic carbocycles. The van der Waals surface area contributed by atoms with Gasteiger partial charge in [0.2, 0.25) is 5.95 Å². The molecule has 1 amide bonds. The van der Waals surface area contributed by atoms with Crippen molar-refractivity contribution in [3.63, 3.8) is 0 Å². The normalized spacial score (nSPS) is 14.8. The Morgan fingerprint density at radius 1 is 1.23 bits per heavy atom. The number of carbonyl (C=O) groups is 1. The molecular formula is C15H14N6O. The van der Waals surface area contributed by atoms with Crippen molar-refractivity contribution in [1.82, 2.24) is 24.8 Å². The summed E-state index contributed by atoms with van der Waals surface area (Å²) in [7, 11) is 0. The van der Waals surface area contributed by atoms with Gasteiger partial charge in [-0.25, -0.2) is 15.0 Å². The minimum Gasteiger partial charge on any atom is -0.348 e. The zero-order chi connectivity index (χ0) is 14.9. The lowest BCUT2D eigenvalue weighted by molar-refractivity contribution is 0.0624. The van der Waals surface area contributed by atoms with Crippen LogP contribution in [0.25, 0.3) is 11.0 Å². The fourth-order valence-electron chi connectivity index (χ4n) is 2.54. The van der Waals surface area contributed by atoms with E-state index in [1.165, 1.54) is 0 Å². The van der Waals surface area contributed by atoms with E-state index in [9.17, 15) is 4.79 Å². The van der Waals surface area contributed by atoms with Crippen molar-refractivity contribution in [3.05, 3.63) is 48.5 Å². The average molecular weight is 294 g/mol. The maximum atomic E-state index is 12.4. The Kier molecular flexibility index (Phi) is 2.96. The zero-order valence-electron chi connectivity index (χ0n) is 11.7. The first-order valence-electron chi connectivity index (χ1n) is 7.05. The van der Waals surface area contributed by atoms with Gasteiger partial charge in [-0.3, -0.25) is 4.79 Å². The Bertz CT molecular complexity index is 809. The van der Waals surface area contributed by atoms with Crippen LogP contribution in [0.2, 0.25) is 0 Å². The summed E-state index contributed by atoms with van der Waals surface area (Å²) in [6.07, 6.45) is 5.01. The molecule has 0 unspecified atom stereocenters. The van der Waals surface area contributed by atoms with Gasteiger partial charge in [0.25, 0.3) is 5.91 Å². The second-order valence-electron chi connectivity index (χ2n) is 5.26. The van der Waals surface area contributed by atoms with Gasteiger partial charge in [-0.05, 0) is 24.3 Å². The number of anilines is 1. The highest BCUT2D eigenvalue weighted by Crippen LogP contribution is 2.18. The van der Waals surface area contributed by atoms with Gasteiger partial charge in [0.1, 0.15) is 0 Å². The molecule has 0 aliphatic carbocycles. The Morgan fingerprint density at radius 2 is 2.05 bits per heavy atom. The van der Waals surface area contributed by atoms with Crippen LogP contribution in [0.1, 0.15) is 10.4 Å². The lowest BCUT2D eigenvalue weighted by atomic mass is 10.1. The van der Waals surface area contributed by atoms with Crippen LogP contribution in [0, 0.1) is 0 Å². The number of aromatic nitrogens is 4. The summed E-state index contributed by atoms with van der Waals surface area (Å²) in [6.45, 7) is 1.30. The molecule has 1 aliphatic rings. The molecule has 0 bridgehead atoms. The fraction of sp³-hybridized carbons (Fsp3) is 0.200. The number of amides is 1. The quantitative estimate of drug-likeness (QED) is 0.760. The van der Waals surface area contributed by atoms with E-state index in [-0.39, 0.29) is 11.9 Å². The number of aromatic amines is 1. The van der Waals surface area contributed by atoms with Crippen LogP contribution in [0.4, 0.5) is 5.95 Å². The van der Waals surface area contributed by atoms with Crippen LogP contribution in [0.15, 0.2) is 43.0 Å². The van der Waals surface area contributed by atoms with Crippen molar-refractivity contribution in [1.29, 1.82) is 0 Å². The van der Waals surface area contributed by atoms with Gasteiger partial charge in [-0.15, -0.1) is 0 Å². The summed E-state index contributed by atoms with van der Waals surface area (Å²) in [6, 6.07) is 7.47. The predicted molar refractivity (Wildman–Crippen MR) is 81.4 cm³/mol. The summed E-state index contributed by atoms with van der Waals surface area (Å²) in [5.41, 5.74) is 2.41. The molecule has 2 aromatic heterocycles. The van der Waals surface area contributed by atoms with E-state index in [1.807, 2.05) is 18.2 Å². The van der Waals surface area contributed by atoms with E-state index < -0.39 is 0 Å². The van der Waals surface area contributed by atoms with Crippen molar-refractivity contribution in [3.8, 4) is 0 Å². The van der Waals surface area contributed by atoms with Gasteiger partial charge in [-0.1, -0.05) is 0 Å². The highest BCUT2D eigenvalue weighted by molar-refractivity contribution is 5.97. The number of fused-ring (bicyclic) bond motifs is 1. The molecule has 22 heavy (non-hydrogen) atoms. The molecule has 3 aromatic rings. The molecule has 0 atom stereocenters. The summed E-state index contributed by atoms with van der Waals surface area (Å²) < 4.78 is 0. The molecule has 1 saturated heterocycles. The van der Waals surface area contributed by atoms with E-state index in [2.05, 4.69) is 25.3 Å². The number of nitrogens with zero attached hydrogens (tertiary/aromatic N) is 4. The minimum atomic E-state index is 0.0310. The van der Waals surface area contributed by atoms with E-state index in [0.717, 1.165) is 11.0 Å². The van der Waals surface area contributed by atoms with Crippen molar-refractivity contribution >= 4 is 22.9 Å². The van der Waals surface area contributed by atoms with Crippen LogP contribution in [-0.4, -0.2) is 49.9 Å². The fourth-order valence-corrected chi connectivity index (χ4v) is 2.54. The lowest BCUT2D eigenvalue weighted by Crippen LogP contribution is -2.57. The van der Waals surface area contributed by atoms with Gasteiger partial charge in [0.15, 0.2) is 0 Å². The van der Waals surface area contributed by atoms with Crippen molar-refractivity contribution in [2.45, 2.75) is 6.04 Å². The average Bonchev–Trinajstić information content (AvgIpc) is 2.98. The van der Waals surface area contributed by atoms with E-state index in [4.69, 9.17) is 0 Å². The zero-order valence-corrected chi connectivity index (χ0v) is 11.7. The molecule has 110 valence electrons. The second-order valence-corrected chi connectivity index (χ2v) is 5.26. The second kappa shape index (κ2) is 5.10. The molecular weight excluding hydrogens is 280 g/mol. The van der Waals surface area contributed by atoms with E-state index >= 15 is 0 Å². The Hall–Kier alpha value is -2.96. The number of benzene rings is 1. The SMILES string of the molecule is O=C(c1ccc2nc[nH]c2c1)N1CC(Nc2ncccn2)C1. The molecule has 1 aliphatic heterocycles. The first kappa shape index (κ1) is 12.8. The third kappa shape index (κ3) is 2.26. The summed E-state index contributed by atoms with van der Waals surface area (Å²) in [4.78, 5) is 29.6. The molecule has 1 fully saturated rings. The minimum absolute atomic E-state index is 0.0310. The molecule has 0 spiro atoms. The van der Waals surface area contributed by atoms with Crippen LogP contribution >= 0.6 is 0 Å². The standard InChI is InChI=1S/C15H14N6O/c22-14(10-2-3-12-13(6-10)19-9-18-12)21-7-11(8-21)20-15-16-4-1-5-17-15/h1-6,9,11H,7-8H2,(H,18,19)(H,16,17,20). The molecule has 7 nitrogen and oxygen atoms in total. The highest BCUT2D eigenvalue weighted by atomic mass is 16.2. The summed E-state index contributed by atoms with van der Waals surface area (Å²) in [5, 5.41) is 3.21. The van der Waals surface area contributed by atoms with Crippen LogP contribution in [0.5, 0.6) is 0 Å². The topological polar surface area (TPSA) is 86.8 Å². The lowest BCUT2D eigenvalue weighted by Gasteiger charge is -2.39. The van der Waals surface area contributed by atoms with Gasteiger partial charge < -0.3 is 15.2 Å². The van der Waals surface area contributed by atoms with Gasteiger partial charge in [0.05, 0.1) is 23.4 Å². The number of nitrogens with one attached hydrogen (secondary N) is 2. The van der Waals surface area contributed by atoms with E-state index in [1.54, 1.807) is 29.7 Å². The molecule has 4 rings (SSSR count). The van der Waals surface area contributed by atoms with Gasteiger partial charge in [0, 0.05) is 31.0 Å². The molecule has 2 N–H and O–H groups in total. The number of imidazole rings is 1. The predicted octanol–water partition coefficient (Wildman–Crippen LogP) is 1.29. The van der Waals surface area contributed by atoms with Crippen molar-refractivity contribution < 1.29 is 4.79 Å². The number of hydrogen-bond acceptors (Lipinski definition) is 5. The third-order valence-electron chi connectivity index (χ3n) is 3.73. The number of hydrogen-bond donors (Lipinski definition) is 2. The Morgan fingerprint density at radius 3 is 2.86 bits per heavy atom. The molecule has 0 radical (unpaired) electrons. The number of carbonyl (C=O) groups excluding carboxylic acids is 1. The molecule has 0 saturated carbocycles. The Balaban J connectivity index is 1.40. The summed E-state index contributed by atoms with van der Waals surface area (Å²) in [5.74, 6) is 0.627.